The zero-order valence-electron chi connectivity index (χ0n) is 23.9. The van der Waals surface area contributed by atoms with E-state index in [1.807, 2.05) is 19.2 Å². The lowest BCUT2D eigenvalue weighted by atomic mass is 10.2. The van der Waals surface area contributed by atoms with Crippen molar-refractivity contribution in [1.29, 1.82) is 0 Å². The Balaban J connectivity index is 0.00000420. The highest BCUT2D eigenvalue weighted by molar-refractivity contribution is 8.01. The van der Waals surface area contributed by atoms with E-state index in [0.717, 1.165) is 23.5 Å². The first-order chi connectivity index (χ1) is 18.2. The number of halogens is 1. The molecule has 0 unspecified atom stereocenters. The Bertz CT molecular complexity index is 1240. The quantitative estimate of drug-likeness (QED) is 0.167. The van der Waals surface area contributed by atoms with E-state index < -0.39 is 15.6 Å². The second-order valence-electron chi connectivity index (χ2n) is 10.7. The van der Waals surface area contributed by atoms with Crippen molar-refractivity contribution in [3.8, 4) is 11.5 Å². The van der Waals surface area contributed by atoms with Gasteiger partial charge < -0.3 is 31.3 Å². The topological polar surface area (TPSA) is 38.7 Å². The van der Waals surface area contributed by atoms with E-state index in [-0.39, 0.29) is 22.7 Å². The minimum atomic E-state index is -2.42. The van der Waals surface area contributed by atoms with Crippen molar-refractivity contribution in [2.24, 2.45) is 0 Å². The van der Waals surface area contributed by atoms with E-state index in [2.05, 4.69) is 107 Å². The summed E-state index contributed by atoms with van der Waals surface area (Å²) in [6.45, 7) is 11.4. The van der Waals surface area contributed by atoms with E-state index >= 15 is 0 Å². The van der Waals surface area contributed by atoms with Gasteiger partial charge in [-0.15, -0.1) is 0 Å². The van der Waals surface area contributed by atoms with Crippen LogP contribution in [0.15, 0.2) is 91.0 Å². The Labute approximate surface area is 246 Å². The molecule has 39 heavy (non-hydrogen) atoms. The molecule has 0 aromatic heterocycles. The highest BCUT2D eigenvalue weighted by Crippen LogP contribution is 2.56. The normalized spacial score (nSPS) is 11.6. The fraction of sp³-hybridized carbons (Fsp3) is 0.273. The van der Waals surface area contributed by atoms with Crippen LogP contribution in [0.5, 0.6) is 11.5 Å². The van der Waals surface area contributed by atoms with E-state index in [0.29, 0.717) is 6.61 Å². The molecule has 3 nitrogen and oxygen atoms in total. The molecule has 6 heteroatoms. The van der Waals surface area contributed by atoms with Gasteiger partial charge in [0.2, 0.25) is 0 Å². The van der Waals surface area contributed by atoms with Crippen molar-refractivity contribution in [3.63, 3.8) is 0 Å². The number of benzene rings is 4. The largest absolute Gasteiger partial charge is 1.00 e. The van der Waals surface area contributed by atoms with Crippen LogP contribution in [0, 0.1) is 20.8 Å². The maximum Gasteiger partial charge on any atom is 0.186 e. The number of aryl methyl sites for hydroxylation is 3. The number of phenols is 1. The van der Waals surface area contributed by atoms with Gasteiger partial charge in [-0.2, -0.15) is 0 Å². The van der Waals surface area contributed by atoms with Gasteiger partial charge in [0, 0.05) is 13.2 Å². The monoisotopic (exact) mass is 622 g/mol. The second kappa shape index (κ2) is 13.3. The fourth-order valence-corrected chi connectivity index (χ4v) is 10.4. The molecule has 0 aliphatic carbocycles. The molecule has 0 saturated heterocycles. The molecule has 0 spiro atoms. The van der Waals surface area contributed by atoms with E-state index in [4.69, 9.17) is 9.16 Å². The third-order valence-electron chi connectivity index (χ3n) is 7.30. The predicted octanol–water partition coefficient (Wildman–Crippen LogP) is 3.56. The van der Waals surface area contributed by atoms with Crippen LogP contribution in [0.2, 0.25) is 19.1 Å². The Morgan fingerprint density at radius 2 is 1.13 bits per heavy atom. The van der Waals surface area contributed by atoms with Gasteiger partial charge in [0.25, 0.3) is 0 Å². The molecule has 1 N–H and O–H groups in total. The molecule has 4 aromatic carbocycles. The van der Waals surface area contributed by atoms with Crippen LogP contribution in [0.25, 0.3) is 0 Å². The summed E-state index contributed by atoms with van der Waals surface area (Å²) in [6, 6.07) is 33.3. The smallest absolute Gasteiger partial charge is 0.186 e. The molecule has 0 bridgehead atoms. The molecule has 206 valence electrons. The zero-order valence-corrected chi connectivity index (χ0v) is 27.4. The summed E-state index contributed by atoms with van der Waals surface area (Å²) in [7, 11) is -2.27. The first-order valence-electron chi connectivity index (χ1n) is 13.3. The third-order valence-corrected chi connectivity index (χ3v) is 14.3. The molecule has 0 heterocycles. The van der Waals surface area contributed by atoms with Crippen LogP contribution in [-0.4, -0.2) is 27.1 Å². The fourth-order valence-electron chi connectivity index (χ4n) is 4.84. The maximum absolute atomic E-state index is 10.8. The van der Waals surface area contributed by atoms with E-state index in [9.17, 15) is 5.11 Å². The van der Waals surface area contributed by atoms with Crippen LogP contribution in [0.1, 0.15) is 23.1 Å². The molecule has 0 aliphatic heterocycles. The van der Waals surface area contributed by atoms with Crippen molar-refractivity contribution < 1.29 is 31.3 Å². The summed E-state index contributed by atoms with van der Waals surface area (Å²) >= 11 is 0. The Hall–Kier alpha value is -2.43. The van der Waals surface area contributed by atoms with Gasteiger partial charge in [-0.25, -0.2) is 0 Å². The first-order valence-corrected chi connectivity index (χ1v) is 18.2. The number of hydrogen-bond acceptors (Lipinski definition) is 3. The maximum atomic E-state index is 10.8. The number of phenolic OH excluding ortho intramolecular Hbond substituents is 1. The van der Waals surface area contributed by atoms with Gasteiger partial charge >= 0.3 is 0 Å². The number of hydrogen-bond donors (Lipinski definition) is 1. The SMILES string of the molecule is CO[Si](C)(C)CCCOc1ccc(O)cc1[P+](c1ccc(C)cc1)(c1ccc(C)cc1)c1ccc(C)cc1.[Br-]. The molecule has 0 radical (unpaired) electrons. The van der Waals surface area contributed by atoms with Gasteiger partial charge in [0.05, 0.1) is 6.61 Å². The molecular weight excluding hydrogens is 583 g/mol. The van der Waals surface area contributed by atoms with E-state index in [1.165, 1.54) is 32.6 Å². The van der Waals surface area contributed by atoms with Gasteiger partial charge in [0.15, 0.2) is 19.4 Å². The minimum absolute atomic E-state index is 0. The predicted molar refractivity (Wildman–Crippen MR) is 167 cm³/mol. The molecular formula is C33H40BrO3PSi. The van der Waals surface area contributed by atoms with Crippen molar-refractivity contribution in [3.05, 3.63) is 108 Å². The Morgan fingerprint density at radius 3 is 1.54 bits per heavy atom. The first kappa shape index (κ1) is 31.1. The van der Waals surface area contributed by atoms with Crippen LogP contribution >= 0.6 is 7.26 Å². The van der Waals surface area contributed by atoms with Crippen LogP contribution in [0.3, 0.4) is 0 Å². The van der Waals surface area contributed by atoms with E-state index in [1.54, 1.807) is 6.07 Å². The summed E-state index contributed by atoms with van der Waals surface area (Å²) < 4.78 is 12.3. The minimum Gasteiger partial charge on any atom is -1.00 e. The lowest BCUT2D eigenvalue weighted by Gasteiger charge is -2.29. The van der Waals surface area contributed by atoms with Gasteiger partial charge in [-0.05, 0) is 94.9 Å². The molecule has 0 saturated carbocycles. The summed E-state index contributed by atoms with van der Waals surface area (Å²) in [6.07, 6.45) is 0.929. The van der Waals surface area contributed by atoms with Crippen molar-refractivity contribution >= 4 is 36.8 Å². The molecule has 0 amide bonds. The van der Waals surface area contributed by atoms with Crippen LogP contribution < -0.4 is 42.9 Å². The highest BCUT2D eigenvalue weighted by atomic mass is 79.9. The summed E-state index contributed by atoms with van der Waals surface area (Å²) in [5, 5.41) is 15.6. The van der Waals surface area contributed by atoms with Gasteiger partial charge in [-0.3, -0.25) is 0 Å². The standard InChI is InChI=1S/C33H39O3PSi.BrH/c1-25-8-15-29(16-9-25)37(30-17-10-26(2)11-18-30,31-19-12-27(3)13-20-31)33-24-28(34)14-21-32(33)36-22-7-23-38(5,6)35-4;/h8-21,24H,7,22-23H2,1-6H3;1H. The van der Waals surface area contributed by atoms with Gasteiger partial charge in [0.1, 0.15) is 28.9 Å². The zero-order chi connectivity index (χ0) is 27.3. The number of ether oxygens (including phenoxy) is 1. The van der Waals surface area contributed by atoms with Crippen molar-refractivity contribution in [2.45, 2.75) is 46.3 Å². The van der Waals surface area contributed by atoms with Crippen LogP contribution in [0.4, 0.5) is 0 Å². The summed E-state index contributed by atoms with van der Waals surface area (Å²) in [5.74, 6) is 1.07. The van der Waals surface area contributed by atoms with Crippen LogP contribution in [-0.2, 0) is 4.43 Å². The average Bonchev–Trinajstić information content (AvgIpc) is 2.91. The lowest BCUT2D eigenvalue weighted by molar-refractivity contribution is -0.0000100. The lowest BCUT2D eigenvalue weighted by Crippen LogP contribution is -3.00. The molecule has 0 fully saturated rings. The Kier molecular flexibility index (Phi) is 10.6. The molecule has 4 rings (SSSR count). The summed E-state index contributed by atoms with van der Waals surface area (Å²) in [5.41, 5.74) is 3.66. The average molecular weight is 624 g/mol. The summed E-state index contributed by atoms with van der Waals surface area (Å²) in [4.78, 5) is 0. The number of rotatable bonds is 10. The van der Waals surface area contributed by atoms with Crippen molar-refractivity contribution in [2.75, 3.05) is 13.7 Å². The highest BCUT2D eigenvalue weighted by Gasteiger charge is 2.50. The third kappa shape index (κ3) is 7.02. The molecule has 0 aliphatic rings. The molecule has 0 atom stereocenters. The number of aromatic hydroxyl groups is 1. The van der Waals surface area contributed by atoms with Crippen molar-refractivity contribution in [1.82, 2.24) is 0 Å². The Morgan fingerprint density at radius 1 is 0.692 bits per heavy atom. The molecule has 4 aromatic rings. The van der Waals surface area contributed by atoms with Gasteiger partial charge in [-0.1, -0.05) is 53.1 Å². The second-order valence-corrected chi connectivity index (χ2v) is 18.5.